The molecular weight excluding hydrogens is 268 g/mol. The summed E-state index contributed by atoms with van der Waals surface area (Å²) in [5.74, 6) is 0. The second-order valence-electron chi connectivity index (χ2n) is 5.14. The van der Waals surface area contributed by atoms with Gasteiger partial charge < -0.3 is 9.47 Å². The van der Waals surface area contributed by atoms with Crippen LogP contribution in [0.5, 0.6) is 0 Å². The van der Waals surface area contributed by atoms with Crippen molar-refractivity contribution in [2.45, 2.75) is 45.2 Å². The second kappa shape index (κ2) is 3.83. The molecule has 0 atom stereocenters. The molecule has 0 aliphatic carbocycles. The average molecular weight is 285 g/mol. The van der Waals surface area contributed by atoms with Gasteiger partial charge in [0.15, 0.2) is 6.29 Å². The van der Waals surface area contributed by atoms with Gasteiger partial charge in [0.05, 0.1) is 11.2 Å². The average Bonchev–Trinajstić information content (AvgIpc) is 2.37. The summed E-state index contributed by atoms with van der Waals surface area (Å²) in [7, 11) is 0. The van der Waals surface area contributed by atoms with Gasteiger partial charge in [-0.2, -0.15) is 0 Å². The largest absolute Gasteiger partial charge is 0.339 e. The van der Waals surface area contributed by atoms with E-state index in [0.717, 1.165) is 10.0 Å². The maximum atomic E-state index is 5.95. The summed E-state index contributed by atoms with van der Waals surface area (Å²) >= 11 is 3.42. The van der Waals surface area contributed by atoms with Crippen molar-refractivity contribution in [2.75, 3.05) is 0 Å². The molecule has 1 aliphatic rings. The van der Waals surface area contributed by atoms with Gasteiger partial charge in [-0.1, -0.05) is 28.1 Å². The minimum Gasteiger partial charge on any atom is -0.339 e. The van der Waals surface area contributed by atoms with Crippen molar-refractivity contribution in [2.24, 2.45) is 0 Å². The van der Waals surface area contributed by atoms with Crippen LogP contribution in [0, 0.1) is 0 Å². The van der Waals surface area contributed by atoms with Crippen molar-refractivity contribution < 1.29 is 9.47 Å². The van der Waals surface area contributed by atoms with Crippen LogP contribution in [0.25, 0.3) is 0 Å². The molecule has 1 aromatic rings. The fourth-order valence-electron chi connectivity index (χ4n) is 1.60. The Hall–Kier alpha value is -0.380. The van der Waals surface area contributed by atoms with Crippen LogP contribution in [0.15, 0.2) is 28.7 Å². The number of rotatable bonds is 1. The van der Waals surface area contributed by atoms with E-state index in [1.54, 1.807) is 0 Å². The highest BCUT2D eigenvalue weighted by atomic mass is 79.9. The molecule has 0 amide bonds. The number of benzene rings is 1. The molecule has 88 valence electrons. The molecule has 0 bridgehead atoms. The number of ether oxygens (including phenoxy) is 2. The topological polar surface area (TPSA) is 18.5 Å². The molecule has 0 unspecified atom stereocenters. The Morgan fingerprint density at radius 2 is 1.38 bits per heavy atom. The lowest BCUT2D eigenvalue weighted by Crippen LogP contribution is -2.41. The maximum Gasteiger partial charge on any atom is 0.185 e. The van der Waals surface area contributed by atoms with Crippen molar-refractivity contribution in [1.82, 2.24) is 0 Å². The highest BCUT2D eigenvalue weighted by molar-refractivity contribution is 9.10. The zero-order chi connectivity index (χ0) is 12.0. The molecule has 1 heterocycles. The van der Waals surface area contributed by atoms with Crippen LogP contribution in [0.3, 0.4) is 0 Å². The maximum absolute atomic E-state index is 5.95. The highest BCUT2D eigenvalue weighted by Crippen LogP contribution is 2.44. The van der Waals surface area contributed by atoms with Gasteiger partial charge >= 0.3 is 0 Å². The second-order valence-corrected chi connectivity index (χ2v) is 6.06. The van der Waals surface area contributed by atoms with Crippen LogP contribution in [0.4, 0.5) is 0 Å². The summed E-state index contributed by atoms with van der Waals surface area (Å²) < 4.78 is 13.0. The molecule has 3 heteroatoms. The fourth-order valence-corrected chi connectivity index (χ4v) is 1.86. The van der Waals surface area contributed by atoms with Crippen LogP contribution < -0.4 is 0 Å². The van der Waals surface area contributed by atoms with Gasteiger partial charge in [0.2, 0.25) is 0 Å². The molecule has 2 nitrogen and oxygen atoms in total. The van der Waals surface area contributed by atoms with Gasteiger partial charge in [0, 0.05) is 10.0 Å². The molecule has 2 rings (SSSR count). The predicted octanol–water partition coefficient (Wildman–Crippen LogP) is 4.05. The summed E-state index contributed by atoms with van der Waals surface area (Å²) in [6.07, 6.45) is -0.266. The van der Waals surface area contributed by atoms with Gasteiger partial charge in [-0.05, 0) is 39.8 Å². The van der Waals surface area contributed by atoms with E-state index in [0.29, 0.717) is 0 Å². The first-order valence-corrected chi connectivity index (χ1v) is 6.22. The van der Waals surface area contributed by atoms with Crippen LogP contribution in [-0.4, -0.2) is 11.2 Å². The molecule has 1 aliphatic heterocycles. The summed E-state index contributed by atoms with van der Waals surface area (Å²) in [6.45, 7) is 8.25. The zero-order valence-electron chi connectivity index (χ0n) is 10.1. The van der Waals surface area contributed by atoms with Crippen molar-refractivity contribution in [1.29, 1.82) is 0 Å². The van der Waals surface area contributed by atoms with E-state index in [1.165, 1.54) is 0 Å². The van der Waals surface area contributed by atoms with Crippen molar-refractivity contribution in [3.63, 3.8) is 0 Å². The minimum atomic E-state index is -0.273. The molecular formula is C13H17BrO2. The summed E-state index contributed by atoms with van der Waals surface area (Å²) in [6, 6.07) is 8.04. The molecule has 0 N–H and O–H groups in total. The fraction of sp³-hybridized carbons (Fsp3) is 0.538. The summed E-state index contributed by atoms with van der Waals surface area (Å²) in [5.41, 5.74) is 0.511. The van der Waals surface area contributed by atoms with E-state index in [1.807, 2.05) is 24.3 Å². The molecule has 0 spiro atoms. The minimum absolute atomic E-state index is 0.266. The monoisotopic (exact) mass is 284 g/mol. The van der Waals surface area contributed by atoms with Crippen LogP contribution in [-0.2, 0) is 9.47 Å². The Balaban J connectivity index is 2.23. The van der Waals surface area contributed by atoms with E-state index in [9.17, 15) is 0 Å². The van der Waals surface area contributed by atoms with E-state index in [2.05, 4.69) is 43.6 Å². The summed E-state index contributed by atoms with van der Waals surface area (Å²) in [5, 5.41) is 0. The quantitative estimate of drug-likeness (QED) is 0.775. The Morgan fingerprint density at radius 3 is 1.81 bits per heavy atom. The molecule has 1 aromatic carbocycles. The molecule has 0 aromatic heterocycles. The third-order valence-electron chi connectivity index (χ3n) is 3.40. The van der Waals surface area contributed by atoms with Gasteiger partial charge in [-0.25, -0.2) is 0 Å². The normalized spacial score (nSPS) is 23.6. The third kappa shape index (κ3) is 2.04. The molecule has 16 heavy (non-hydrogen) atoms. The third-order valence-corrected chi connectivity index (χ3v) is 3.92. The van der Waals surface area contributed by atoms with Crippen LogP contribution >= 0.6 is 15.9 Å². The van der Waals surface area contributed by atoms with E-state index in [4.69, 9.17) is 9.47 Å². The van der Waals surface area contributed by atoms with Gasteiger partial charge in [-0.3, -0.25) is 0 Å². The van der Waals surface area contributed by atoms with Crippen LogP contribution in [0.1, 0.15) is 39.5 Å². The zero-order valence-corrected chi connectivity index (χ0v) is 11.7. The smallest absolute Gasteiger partial charge is 0.185 e. The molecule has 1 saturated heterocycles. The lowest BCUT2D eigenvalue weighted by Gasteiger charge is -2.30. The Labute approximate surface area is 105 Å². The lowest BCUT2D eigenvalue weighted by atomic mass is 9.90. The van der Waals surface area contributed by atoms with Crippen molar-refractivity contribution in [3.8, 4) is 0 Å². The number of hydrogen-bond donors (Lipinski definition) is 0. The first-order valence-electron chi connectivity index (χ1n) is 5.43. The Morgan fingerprint density at radius 1 is 0.938 bits per heavy atom. The van der Waals surface area contributed by atoms with Gasteiger partial charge in [0.25, 0.3) is 0 Å². The van der Waals surface area contributed by atoms with E-state index in [-0.39, 0.29) is 17.5 Å². The predicted molar refractivity (Wildman–Crippen MR) is 67.2 cm³/mol. The SMILES string of the molecule is CC1(C)OC(c2ccc(Br)cc2)OC1(C)C. The Kier molecular flexibility index (Phi) is 2.89. The summed E-state index contributed by atoms with van der Waals surface area (Å²) in [4.78, 5) is 0. The van der Waals surface area contributed by atoms with Gasteiger partial charge in [0.1, 0.15) is 0 Å². The first-order chi connectivity index (χ1) is 7.32. The molecule has 0 radical (unpaired) electrons. The molecule has 0 saturated carbocycles. The first kappa shape index (κ1) is 12.1. The van der Waals surface area contributed by atoms with E-state index >= 15 is 0 Å². The van der Waals surface area contributed by atoms with Gasteiger partial charge in [-0.15, -0.1) is 0 Å². The number of hydrogen-bond acceptors (Lipinski definition) is 2. The lowest BCUT2D eigenvalue weighted by molar-refractivity contribution is -0.0895. The highest BCUT2D eigenvalue weighted by Gasteiger charge is 2.49. The molecule has 1 fully saturated rings. The standard InChI is InChI=1S/C13H17BrO2/c1-12(2)13(3,4)16-11(15-12)9-5-7-10(14)8-6-9/h5-8,11H,1-4H3. The number of halogens is 1. The van der Waals surface area contributed by atoms with Crippen molar-refractivity contribution in [3.05, 3.63) is 34.3 Å². The Bertz CT molecular complexity index is 365. The van der Waals surface area contributed by atoms with Crippen LogP contribution in [0.2, 0.25) is 0 Å². The van der Waals surface area contributed by atoms with Crippen molar-refractivity contribution >= 4 is 15.9 Å². The van der Waals surface area contributed by atoms with E-state index < -0.39 is 0 Å².